The molecular formula is C18H20FN. The summed E-state index contributed by atoms with van der Waals surface area (Å²) in [5, 5.41) is 0. The van der Waals surface area contributed by atoms with E-state index in [2.05, 4.69) is 24.3 Å². The zero-order chi connectivity index (χ0) is 13.9. The quantitative estimate of drug-likeness (QED) is 0.878. The van der Waals surface area contributed by atoms with Gasteiger partial charge in [-0.2, -0.15) is 0 Å². The van der Waals surface area contributed by atoms with Crippen molar-refractivity contribution in [3.63, 3.8) is 0 Å². The summed E-state index contributed by atoms with van der Waals surface area (Å²) in [5.74, 6) is 0.554. The molecule has 0 aliphatic heterocycles. The van der Waals surface area contributed by atoms with E-state index in [1.807, 2.05) is 6.07 Å². The lowest BCUT2D eigenvalue weighted by atomic mass is 9.80. The summed E-state index contributed by atoms with van der Waals surface area (Å²) < 4.78 is 13.2. The predicted molar refractivity (Wildman–Crippen MR) is 80.1 cm³/mol. The first-order chi connectivity index (χ1) is 9.72. The first-order valence-electron chi connectivity index (χ1n) is 7.32. The van der Waals surface area contributed by atoms with Gasteiger partial charge >= 0.3 is 0 Å². The standard InChI is InChI=1S/C18H20FN/c19-17-6-1-3-13(11-17)12-18(20)16-9-7-15(8-10-16)14-4-2-5-14/h1,3,6-11,14,18H,2,4-5,12,20H2. The van der Waals surface area contributed by atoms with Crippen molar-refractivity contribution in [3.05, 3.63) is 71.0 Å². The molecule has 1 atom stereocenters. The summed E-state index contributed by atoms with van der Waals surface area (Å²) in [5.41, 5.74) is 9.72. The summed E-state index contributed by atoms with van der Waals surface area (Å²) in [4.78, 5) is 0. The van der Waals surface area contributed by atoms with Crippen molar-refractivity contribution in [3.8, 4) is 0 Å². The molecule has 104 valence electrons. The SMILES string of the molecule is NC(Cc1cccc(F)c1)c1ccc(C2CCC2)cc1. The van der Waals surface area contributed by atoms with Gasteiger partial charge in [-0.1, -0.05) is 42.8 Å². The van der Waals surface area contributed by atoms with Crippen LogP contribution in [0.1, 0.15) is 47.9 Å². The van der Waals surface area contributed by atoms with Gasteiger partial charge in [-0.15, -0.1) is 0 Å². The molecule has 2 aromatic rings. The minimum absolute atomic E-state index is 0.0766. The average Bonchev–Trinajstić information content (AvgIpc) is 2.37. The zero-order valence-electron chi connectivity index (χ0n) is 11.6. The van der Waals surface area contributed by atoms with E-state index >= 15 is 0 Å². The number of rotatable bonds is 4. The van der Waals surface area contributed by atoms with Crippen LogP contribution in [0.25, 0.3) is 0 Å². The molecule has 1 unspecified atom stereocenters. The Balaban J connectivity index is 1.68. The molecule has 0 radical (unpaired) electrons. The molecule has 0 spiro atoms. The minimum atomic E-state index is -0.199. The van der Waals surface area contributed by atoms with Gasteiger partial charge in [-0.3, -0.25) is 0 Å². The summed E-state index contributed by atoms with van der Waals surface area (Å²) in [6, 6.07) is 15.2. The van der Waals surface area contributed by atoms with Gasteiger partial charge in [0.2, 0.25) is 0 Å². The van der Waals surface area contributed by atoms with Gasteiger partial charge in [0.1, 0.15) is 5.82 Å². The Hall–Kier alpha value is -1.67. The Morgan fingerprint density at radius 2 is 1.85 bits per heavy atom. The second-order valence-corrected chi connectivity index (χ2v) is 5.74. The van der Waals surface area contributed by atoms with Gasteiger partial charge < -0.3 is 5.73 Å². The number of halogens is 1. The lowest BCUT2D eigenvalue weighted by molar-refractivity contribution is 0.419. The second-order valence-electron chi connectivity index (χ2n) is 5.74. The third-order valence-corrected chi connectivity index (χ3v) is 4.29. The van der Waals surface area contributed by atoms with Gasteiger partial charge in [0, 0.05) is 6.04 Å². The van der Waals surface area contributed by atoms with E-state index in [0.29, 0.717) is 6.42 Å². The summed E-state index contributed by atoms with van der Waals surface area (Å²) in [7, 11) is 0. The van der Waals surface area contributed by atoms with Crippen LogP contribution >= 0.6 is 0 Å². The second kappa shape index (κ2) is 5.76. The molecule has 1 saturated carbocycles. The van der Waals surface area contributed by atoms with E-state index in [0.717, 1.165) is 17.0 Å². The molecule has 1 aliphatic carbocycles. The molecule has 0 saturated heterocycles. The van der Waals surface area contributed by atoms with Crippen LogP contribution in [-0.2, 0) is 6.42 Å². The molecule has 0 amide bonds. The molecule has 1 aliphatic rings. The van der Waals surface area contributed by atoms with Crippen LogP contribution < -0.4 is 5.73 Å². The van der Waals surface area contributed by atoms with Crippen LogP contribution in [0, 0.1) is 5.82 Å². The van der Waals surface area contributed by atoms with E-state index in [-0.39, 0.29) is 11.9 Å². The fourth-order valence-corrected chi connectivity index (χ4v) is 2.79. The lowest BCUT2D eigenvalue weighted by Crippen LogP contribution is -2.14. The number of hydrogen-bond acceptors (Lipinski definition) is 1. The van der Waals surface area contributed by atoms with Gasteiger partial charge in [0.15, 0.2) is 0 Å². The maximum absolute atomic E-state index is 13.2. The van der Waals surface area contributed by atoms with E-state index in [4.69, 9.17) is 5.73 Å². The first-order valence-corrected chi connectivity index (χ1v) is 7.32. The van der Waals surface area contributed by atoms with Crippen molar-refractivity contribution in [1.82, 2.24) is 0 Å². The Kier molecular flexibility index (Phi) is 3.83. The molecular weight excluding hydrogens is 249 g/mol. The normalized spacial score (nSPS) is 16.7. The molecule has 2 aromatic carbocycles. The Labute approximate surface area is 119 Å². The maximum atomic E-state index is 13.2. The highest BCUT2D eigenvalue weighted by Crippen LogP contribution is 2.36. The molecule has 2 N–H and O–H groups in total. The van der Waals surface area contributed by atoms with Crippen molar-refractivity contribution in [2.75, 3.05) is 0 Å². The maximum Gasteiger partial charge on any atom is 0.123 e. The summed E-state index contributed by atoms with van der Waals surface area (Å²) in [6.07, 6.45) is 4.65. The molecule has 0 aromatic heterocycles. The lowest BCUT2D eigenvalue weighted by Gasteiger charge is -2.26. The minimum Gasteiger partial charge on any atom is -0.324 e. The highest BCUT2D eigenvalue weighted by molar-refractivity contribution is 5.29. The van der Waals surface area contributed by atoms with Crippen molar-refractivity contribution in [1.29, 1.82) is 0 Å². The van der Waals surface area contributed by atoms with Gasteiger partial charge in [-0.25, -0.2) is 4.39 Å². The van der Waals surface area contributed by atoms with Crippen LogP contribution in [0.4, 0.5) is 4.39 Å². The monoisotopic (exact) mass is 269 g/mol. The Morgan fingerprint density at radius 3 is 2.45 bits per heavy atom. The van der Waals surface area contributed by atoms with Gasteiger partial charge in [-0.05, 0) is 54.0 Å². The van der Waals surface area contributed by atoms with E-state index < -0.39 is 0 Å². The third-order valence-electron chi connectivity index (χ3n) is 4.29. The van der Waals surface area contributed by atoms with Crippen LogP contribution in [0.15, 0.2) is 48.5 Å². The fourth-order valence-electron chi connectivity index (χ4n) is 2.79. The predicted octanol–water partition coefficient (Wildman–Crippen LogP) is 4.34. The molecule has 2 heteroatoms. The van der Waals surface area contributed by atoms with Crippen molar-refractivity contribution >= 4 is 0 Å². The number of hydrogen-bond donors (Lipinski definition) is 1. The smallest absolute Gasteiger partial charge is 0.123 e. The number of nitrogens with two attached hydrogens (primary N) is 1. The van der Waals surface area contributed by atoms with E-state index in [9.17, 15) is 4.39 Å². The number of benzene rings is 2. The molecule has 0 heterocycles. The molecule has 1 nitrogen and oxygen atoms in total. The molecule has 3 rings (SSSR count). The fraction of sp³-hybridized carbons (Fsp3) is 0.333. The Morgan fingerprint density at radius 1 is 1.10 bits per heavy atom. The molecule has 20 heavy (non-hydrogen) atoms. The highest BCUT2D eigenvalue weighted by atomic mass is 19.1. The van der Waals surface area contributed by atoms with Crippen LogP contribution in [0.3, 0.4) is 0 Å². The average molecular weight is 269 g/mol. The summed E-state index contributed by atoms with van der Waals surface area (Å²) >= 11 is 0. The molecule has 1 fully saturated rings. The van der Waals surface area contributed by atoms with Gasteiger partial charge in [0.25, 0.3) is 0 Å². The van der Waals surface area contributed by atoms with Gasteiger partial charge in [0.05, 0.1) is 0 Å². The zero-order valence-corrected chi connectivity index (χ0v) is 11.6. The van der Waals surface area contributed by atoms with Crippen LogP contribution in [0.2, 0.25) is 0 Å². The van der Waals surface area contributed by atoms with Crippen LogP contribution in [-0.4, -0.2) is 0 Å². The molecule has 0 bridgehead atoms. The van der Waals surface area contributed by atoms with E-state index in [1.165, 1.54) is 30.9 Å². The topological polar surface area (TPSA) is 26.0 Å². The largest absolute Gasteiger partial charge is 0.324 e. The van der Waals surface area contributed by atoms with Crippen molar-refractivity contribution in [2.24, 2.45) is 5.73 Å². The van der Waals surface area contributed by atoms with Crippen LogP contribution in [0.5, 0.6) is 0 Å². The third kappa shape index (κ3) is 2.91. The van der Waals surface area contributed by atoms with Crippen molar-refractivity contribution in [2.45, 2.75) is 37.6 Å². The summed E-state index contributed by atoms with van der Waals surface area (Å²) in [6.45, 7) is 0. The van der Waals surface area contributed by atoms with E-state index in [1.54, 1.807) is 12.1 Å². The Bertz CT molecular complexity index is 572. The first kappa shape index (κ1) is 13.3. The highest BCUT2D eigenvalue weighted by Gasteiger charge is 2.19. The van der Waals surface area contributed by atoms with Crippen molar-refractivity contribution < 1.29 is 4.39 Å².